The Balaban J connectivity index is 2.09. The fourth-order valence-electron chi connectivity index (χ4n) is 2.47. The summed E-state index contributed by atoms with van der Waals surface area (Å²) >= 11 is 0. The van der Waals surface area contributed by atoms with Gasteiger partial charge < -0.3 is 20.5 Å². The molecule has 1 aliphatic rings. The Morgan fingerprint density at radius 2 is 2.16 bits per heavy atom. The SMILES string of the molecule is CCOc1ncnc(N2CCC(C(C)O)CC2)c1N. The number of nitrogens with zero attached hydrogens (tertiary/aromatic N) is 3. The number of aromatic nitrogens is 2. The van der Waals surface area contributed by atoms with E-state index in [-0.39, 0.29) is 6.10 Å². The first-order valence-corrected chi connectivity index (χ1v) is 6.79. The number of ether oxygens (including phenoxy) is 1. The summed E-state index contributed by atoms with van der Waals surface area (Å²) in [5, 5.41) is 9.61. The molecule has 1 fully saturated rings. The molecule has 1 saturated heterocycles. The second-order valence-corrected chi connectivity index (χ2v) is 4.91. The monoisotopic (exact) mass is 266 g/mol. The molecule has 0 radical (unpaired) electrons. The van der Waals surface area contributed by atoms with Crippen molar-refractivity contribution in [2.45, 2.75) is 32.8 Å². The summed E-state index contributed by atoms with van der Waals surface area (Å²) in [5.41, 5.74) is 6.55. The van der Waals surface area contributed by atoms with Crippen LogP contribution in [0, 0.1) is 5.92 Å². The Kier molecular flexibility index (Phi) is 4.42. The second-order valence-electron chi connectivity index (χ2n) is 4.91. The van der Waals surface area contributed by atoms with Crippen LogP contribution in [0.1, 0.15) is 26.7 Å². The smallest absolute Gasteiger partial charge is 0.242 e. The van der Waals surface area contributed by atoms with Crippen molar-refractivity contribution >= 4 is 11.5 Å². The lowest BCUT2D eigenvalue weighted by atomic mass is 9.92. The third kappa shape index (κ3) is 3.07. The van der Waals surface area contributed by atoms with Crippen LogP contribution in [0.15, 0.2) is 6.33 Å². The third-order valence-electron chi connectivity index (χ3n) is 3.63. The summed E-state index contributed by atoms with van der Waals surface area (Å²) in [6.07, 6.45) is 3.14. The Labute approximate surface area is 113 Å². The van der Waals surface area contributed by atoms with Crippen LogP contribution in [0.25, 0.3) is 0 Å². The van der Waals surface area contributed by atoms with Crippen LogP contribution in [0.3, 0.4) is 0 Å². The number of aliphatic hydroxyl groups excluding tert-OH is 1. The number of rotatable bonds is 4. The lowest BCUT2D eigenvalue weighted by molar-refractivity contribution is 0.110. The summed E-state index contributed by atoms with van der Waals surface area (Å²) in [6.45, 7) is 5.98. The summed E-state index contributed by atoms with van der Waals surface area (Å²) < 4.78 is 5.38. The first-order valence-electron chi connectivity index (χ1n) is 6.79. The third-order valence-corrected chi connectivity index (χ3v) is 3.63. The van der Waals surface area contributed by atoms with Crippen LogP contribution in [0.4, 0.5) is 11.5 Å². The average molecular weight is 266 g/mol. The minimum Gasteiger partial charge on any atom is -0.476 e. The zero-order valence-corrected chi connectivity index (χ0v) is 11.5. The zero-order valence-electron chi connectivity index (χ0n) is 11.5. The molecule has 2 heterocycles. The van der Waals surface area contributed by atoms with Gasteiger partial charge in [0.25, 0.3) is 0 Å². The number of aliphatic hydroxyl groups is 1. The van der Waals surface area contributed by atoms with Crippen molar-refractivity contribution in [1.29, 1.82) is 0 Å². The topological polar surface area (TPSA) is 84.5 Å². The van der Waals surface area contributed by atoms with Crippen molar-refractivity contribution in [3.05, 3.63) is 6.33 Å². The van der Waals surface area contributed by atoms with E-state index in [0.717, 1.165) is 31.7 Å². The number of piperidine rings is 1. The van der Waals surface area contributed by atoms with E-state index in [1.165, 1.54) is 6.33 Å². The largest absolute Gasteiger partial charge is 0.476 e. The van der Waals surface area contributed by atoms with E-state index >= 15 is 0 Å². The highest BCUT2D eigenvalue weighted by molar-refractivity contribution is 5.67. The Morgan fingerprint density at radius 3 is 2.74 bits per heavy atom. The van der Waals surface area contributed by atoms with Gasteiger partial charge >= 0.3 is 0 Å². The van der Waals surface area contributed by atoms with Gasteiger partial charge in [-0.15, -0.1) is 0 Å². The molecule has 0 spiro atoms. The molecule has 3 N–H and O–H groups in total. The quantitative estimate of drug-likeness (QED) is 0.847. The summed E-state index contributed by atoms with van der Waals surface area (Å²) in [4.78, 5) is 10.4. The molecule has 1 atom stereocenters. The molecular weight excluding hydrogens is 244 g/mol. The van der Waals surface area contributed by atoms with Crippen molar-refractivity contribution in [1.82, 2.24) is 9.97 Å². The summed E-state index contributed by atoms with van der Waals surface area (Å²) in [6, 6.07) is 0. The molecular formula is C13H22N4O2. The minimum absolute atomic E-state index is 0.246. The number of nitrogen functional groups attached to an aromatic ring is 1. The molecule has 1 aromatic heterocycles. The van der Waals surface area contributed by atoms with Crippen molar-refractivity contribution in [2.75, 3.05) is 30.3 Å². The molecule has 6 heteroatoms. The highest BCUT2D eigenvalue weighted by atomic mass is 16.5. The van der Waals surface area contributed by atoms with Gasteiger partial charge in [0.05, 0.1) is 12.7 Å². The number of hydrogen-bond acceptors (Lipinski definition) is 6. The average Bonchev–Trinajstić information content (AvgIpc) is 2.41. The molecule has 1 unspecified atom stereocenters. The number of nitrogens with two attached hydrogens (primary N) is 1. The van der Waals surface area contributed by atoms with Gasteiger partial charge in [-0.3, -0.25) is 0 Å². The van der Waals surface area contributed by atoms with E-state index in [4.69, 9.17) is 10.5 Å². The van der Waals surface area contributed by atoms with Crippen LogP contribution in [0.2, 0.25) is 0 Å². The maximum atomic E-state index is 9.61. The van der Waals surface area contributed by atoms with Crippen LogP contribution in [-0.4, -0.2) is 40.9 Å². The van der Waals surface area contributed by atoms with Crippen molar-refractivity contribution in [3.63, 3.8) is 0 Å². The summed E-state index contributed by atoms with van der Waals surface area (Å²) in [7, 11) is 0. The minimum atomic E-state index is -0.246. The molecule has 1 aliphatic heterocycles. The normalized spacial score (nSPS) is 18.4. The number of anilines is 2. The van der Waals surface area contributed by atoms with Crippen LogP contribution >= 0.6 is 0 Å². The van der Waals surface area contributed by atoms with Crippen LogP contribution < -0.4 is 15.4 Å². The number of hydrogen-bond donors (Lipinski definition) is 2. The lowest BCUT2D eigenvalue weighted by Crippen LogP contribution is -2.37. The van der Waals surface area contributed by atoms with Gasteiger partial charge in [-0.2, -0.15) is 4.98 Å². The Morgan fingerprint density at radius 1 is 1.47 bits per heavy atom. The maximum absolute atomic E-state index is 9.61. The van der Waals surface area contributed by atoms with Gasteiger partial charge in [0.1, 0.15) is 12.0 Å². The van der Waals surface area contributed by atoms with Gasteiger partial charge in [-0.25, -0.2) is 4.98 Å². The van der Waals surface area contributed by atoms with E-state index in [2.05, 4.69) is 14.9 Å². The highest BCUT2D eigenvalue weighted by Gasteiger charge is 2.25. The zero-order chi connectivity index (χ0) is 13.8. The summed E-state index contributed by atoms with van der Waals surface area (Å²) in [5.74, 6) is 1.55. The van der Waals surface area contributed by atoms with Gasteiger partial charge in [0, 0.05) is 13.1 Å². The second kappa shape index (κ2) is 6.06. The Bertz CT molecular complexity index is 417. The molecule has 1 aromatic rings. The van der Waals surface area contributed by atoms with E-state index < -0.39 is 0 Å². The van der Waals surface area contributed by atoms with Gasteiger partial charge in [0.15, 0.2) is 5.82 Å². The lowest BCUT2D eigenvalue weighted by Gasteiger charge is -2.34. The van der Waals surface area contributed by atoms with E-state index in [1.807, 2.05) is 13.8 Å². The molecule has 0 aliphatic carbocycles. The molecule has 0 saturated carbocycles. The van der Waals surface area contributed by atoms with Gasteiger partial charge in [-0.05, 0) is 32.6 Å². The molecule has 19 heavy (non-hydrogen) atoms. The van der Waals surface area contributed by atoms with E-state index in [1.54, 1.807) is 0 Å². The van der Waals surface area contributed by atoms with Crippen molar-refractivity contribution < 1.29 is 9.84 Å². The molecule has 106 valence electrons. The molecule has 6 nitrogen and oxygen atoms in total. The first kappa shape index (κ1) is 13.9. The predicted molar refractivity (Wildman–Crippen MR) is 74.2 cm³/mol. The van der Waals surface area contributed by atoms with Crippen molar-refractivity contribution in [3.8, 4) is 5.88 Å². The maximum Gasteiger partial charge on any atom is 0.242 e. The van der Waals surface area contributed by atoms with Crippen molar-refractivity contribution in [2.24, 2.45) is 5.92 Å². The predicted octanol–water partition coefficient (Wildman–Crippen LogP) is 1.05. The fourth-order valence-corrected chi connectivity index (χ4v) is 2.47. The van der Waals surface area contributed by atoms with E-state index in [9.17, 15) is 5.11 Å². The molecule has 2 rings (SSSR count). The highest BCUT2D eigenvalue weighted by Crippen LogP contribution is 2.31. The van der Waals surface area contributed by atoms with Gasteiger partial charge in [0.2, 0.25) is 5.88 Å². The Hall–Kier alpha value is -1.56. The van der Waals surface area contributed by atoms with Gasteiger partial charge in [-0.1, -0.05) is 0 Å². The van der Waals surface area contributed by atoms with E-state index in [0.29, 0.717) is 24.1 Å². The molecule has 0 bridgehead atoms. The molecule has 0 aromatic carbocycles. The van der Waals surface area contributed by atoms with Crippen LogP contribution in [-0.2, 0) is 0 Å². The molecule has 0 amide bonds. The standard InChI is InChI=1S/C13H22N4O2/c1-3-19-13-11(14)12(15-8-16-13)17-6-4-10(5-7-17)9(2)18/h8-10,18H,3-7,14H2,1-2H3. The van der Waals surface area contributed by atoms with Crippen LogP contribution in [0.5, 0.6) is 5.88 Å². The fraction of sp³-hybridized carbons (Fsp3) is 0.692. The first-order chi connectivity index (χ1) is 9.13.